The second-order valence-corrected chi connectivity index (χ2v) is 5.38. The number of thiazole rings is 1. The van der Waals surface area contributed by atoms with Crippen LogP contribution < -0.4 is 5.32 Å². The summed E-state index contributed by atoms with van der Waals surface area (Å²) < 4.78 is 5.27. The van der Waals surface area contributed by atoms with E-state index in [1.165, 1.54) is 18.4 Å². The molecule has 0 radical (unpaired) electrons. The van der Waals surface area contributed by atoms with Crippen LogP contribution in [0.15, 0.2) is 30.3 Å². The summed E-state index contributed by atoms with van der Waals surface area (Å²) in [6.07, 6.45) is -0.620. The zero-order valence-electron chi connectivity index (χ0n) is 11.1. The molecule has 5 heteroatoms. The lowest BCUT2D eigenvalue weighted by Gasteiger charge is -2.14. The topological polar surface area (TPSA) is 51.2 Å². The molecule has 0 saturated carbocycles. The number of aromatic nitrogens is 1. The molecule has 1 heterocycles. The average molecular weight is 276 g/mol. The molecule has 0 unspecified atom stereocenters. The van der Waals surface area contributed by atoms with Gasteiger partial charge in [0.25, 0.3) is 5.91 Å². The van der Waals surface area contributed by atoms with Crippen molar-refractivity contribution in [3.8, 4) is 0 Å². The summed E-state index contributed by atoms with van der Waals surface area (Å²) >= 11 is 1.47. The fourth-order valence-corrected chi connectivity index (χ4v) is 2.54. The van der Waals surface area contributed by atoms with Gasteiger partial charge in [0.1, 0.15) is 0 Å². The molecule has 0 spiro atoms. The minimum Gasteiger partial charge on any atom is -0.367 e. The number of amides is 1. The fourth-order valence-electron chi connectivity index (χ4n) is 1.72. The molecule has 100 valence electrons. The Labute approximate surface area is 116 Å². The number of carbonyl (C=O) groups excluding carboxylic acids is 1. The molecule has 0 aliphatic carbocycles. The predicted molar refractivity (Wildman–Crippen MR) is 76.4 cm³/mol. The van der Waals surface area contributed by atoms with Crippen molar-refractivity contribution in [3.63, 3.8) is 0 Å². The summed E-state index contributed by atoms with van der Waals surface area (Å²) in [5.41, 5.74) is 1.77. The van der Waals surface area contributed by atoms with Crippen molar-refractivity contribution < 1.29 is 9.53 Å². The number of methoxy groups -OCH3 is 1. The monoisotopic (exact) mass is 276 g/mol. The van der Waals surface area contributed by atoms with Crippen molar-refractivity contribution in [1.82, 2.24) is 4.98 Å². The van der Waals surface area contributed by atoms with Gasteiger partial charge < -0.3 is 4.74 Å². The van der Waals surface area contributed by atoms with Gasteiger partial charge in [0.05, 0.1) is 5.69 Å². The van der Waals surface area contributed by atoms with Crippen LogP contribution in [0.2, 0.25) is 0 Å². The highest BCUT2D eigenvalue weighted by atomic mass is 32.1. The minimum atomic E-state index is -0.620. The van der Waals surface area contributed by atoms with Gasteiger partial charge in [-0.05, 0) is 19.4 Å². The van der Waals surface area contributed by atoms with Crippen LogP contribution in [0.1, 0.15) is 22.2 Å². The molecule has 4 nitrogen and oxygen atoms in total. The van der Waals surface area contributed by atoms with E-state index in [0.29, 0.717) is 5.13 Å². The first-order valence-electron chi connectivity index (χ1n) is 5.94. The molecule has 1 aromatic heterocycles. The van der Waals surface area contributed by atoms with Gasteiger partial charge >= 0.3 is 0 Å². The summed E-state index contributed by atoms with van der Waals surface area (Å²) in [6, 6.07) is 9.40. The Morgan fingerprint density at radius 3 is 2.53 bits per heavy atom. The van der Waals surface area contributed by atoms with Crippen LogP contribution >= 0.6 is 11.3 Å². The Hall–Kier alpha value is -1.72. The Morgan fingerprint density at radius 2 is 2.00 bits per heavy atom. The van der Waals surface area contributed by atoms with Gasteiger partial charge in [-0.2, -0.15) is 0 Å². The van der Waals surface area contributed by atoms with E-state index in [4.69, 9.17) is 4.74 Å². The highest BCUT2D eigenvalue weighted by Gasteiger charge is 2.21. The second-order valence-electron chi connectivity index (χ2n) is 4.18. The van der Waals surface area contributed by atoms with Gasteiger partial charge in [-0.15, -0.1) is 11.3 Å². The van der Waals surface area contributed by atoms with Crippen molar-refractivity contribution in [3.05, 3.63) is 46.5 Å². The molecule has 2 rings (SSSR count). The molecular weight excluding hydrogens is 260 g/mol. The van der Waals surface area contributed by atoms with Gasteiger partial charge in [0.2, 0.25) is 0 Å². The van der Waals surface area contributed by atoms with Crippen LogP contribution in [-0.2, 0) is 9.53 Å². The van der Waals surface area contributed by atoms with Crippen LogP contribution in [0, 0.1) is 13.8 Å². The second kappa shape index (κ2) is 5.95. The standard InChI is InChI=1S/C14H16N2O2S/c1-9-10(2)19-14(15-9)16-13(17)12(18-3)11-7-5-4-6-8-11/h4-8,12H,1-3H3,(H,15,16,17)/t12-/m0/s1. The zero-order chi connectivity index (χ0) is 13.8. The molecule has 1 atom stereocenters. The molecule has 1 amide bonds. The van der Waals surface area contributed by atoms with Gasteiger partial charge in [-0.3, -0.25) is 10.1 Å². The number of rotatable bonds is 4. The van der Waals surface area contributed by atoms with Crippen molar-refractivity contribution in [2.75, 3.05) is 12.4 Å². The van der Waals surface area contributed by atoms with Crippen LogP contribution in [0.3, 0.4) is 0 Å². The third-order valence-corrected chi connectivity index (χ3v) is 3.82. The van der Waals surface area contributed by atoms with Crippen LogP contribution in [-0.4, -0.2) is 18.0 Å². The summed E-state index contributed by atoms with van der Waals surface area (Å²) in [5, 5.41) is 3.41. The van der Waals surface area contributed by atoms with Crippen LogP contribution in [0.4, 0.5) is 5.13 Å². The third-order valence-electron chi connectivity index (χ3n) is 2.83. The lowest BCUT2D eigenvalue weighted by Crippen LogP contribution is -2.22. The number of nitrogens with one attached hydrogen (secondary N) is 1. The average Bonchev–Trinajstić information content (AvgIpc) is 2.70. The zero-order valence-corrected chi connectivity index (χ0v) is 12.0. The van der Waals surface area contributed by atoms with Gasteiger partial charge in [0, 0.05) is 12.0 Å². The van der Waals surface area contributed by atoms with Crippen molar-refractivity contribution in [2.24, 2.45) is 0 Å². The molecule has 0 aliphatic heterocycles. The van der Waals surface area contributed by atoms with E-state index >= 15 is 0 Å². The molecule has 0 aliphatic rings. The number of hydrogen-bond acceptors (Lipinski definition) is 4. The normalized spacial score (nSPS) is 12.2. The minimum absolute atomic E-state index is 0.206. The quantitative estimate of drug-likeness (QED) is 0.933. The van der Waals surface area contributed by atoms with E-state index in [1.54, 1.807) is 0 Å². The highest BCUT2D eigenvalue weighted by molar-refractivity contribution is 7.15. The van der Waals surface area contributed by atoms with E-state index in [-0.39, 0.29) is 5.91 Å². The first-order valence-corrected chi connectivity index (χ1v) is 6.76. The molecule has 2 aromatic rings. The molecule has 0 bridgehead atoms. The molecule has 1 N–H and O–H groups in total. The maximum atomic E-state index is 12.2. The molecule has 19 heavy (non-hydrogen) atoms. The van der Waals surface area contributed by atoms with E-state index in [9.17, 15) is 4.79 Å². The first kappa shape index (κ1) is 13.7. The lowest BCUT2D eigenvalue weighted by molar-refractivity contribution is -0.126. The summed E-state index contributed by atoms with van der Waals surface area (Å²) in [5.74, 6) is -0.206. The van der Waals surface area contributed by atoms with Crippen LogP contribution in [0.5, 0.6) is 0 Å². The maximum Gasteiger partial charge on any atom is 0.259 e. The molecular formula is C14H16N2O2S. The van der Waals surface area contributed by atoms with Crippen molar-refractivity contribution >= 4 is 22.4 Å². The lowest BCUT2D eigenvalue weighted by atomic mass is 10.1. The number of ether oxygens (including phenoxy) is 1. The largest absolute Gasteiger partial charge is 0.367 e. The number of aryl methyl sites for hydroxylation is 2. The number of nitrogens with zero attached hydrogens (tertiary/aromatic N) is 1. The first-order chi connectivity index (χ1) is 9.11. The number of hydrogen-bond donors (Lipinski definition) is 1. The number of carbonyl (C=O) groups is 1. The SMILES string of the molecule is CO[C@H](C(=O)Nc1nc(C)c(C)s1)c1ccccc1. The molecule has 1 aromatic carbocycles. The Morgan fingerprint density at radius 1 is 1.32 bits per heavy atom. The molecule has 0 saturated heterocycles. The van der Waals surface area contributed by atoms with Gasteiger partial charge in [-0.1, -0.05) is 30.3 Å². The predicted octanol–water partition coefficient (Wildman–Crippen LogP) is 3.09. The summed E-state index contributed by atoms with van der Waals surface area (Å²) in [7, 11) is 1.52. The highest BCUT2D eigenvalue weighted by Crippen LogP contribution is 2.24. The number of anilines is 1. The van der Waals surface area contributed by atoms with E-state index < -0.39 is 6.10 Å². The van der Waals surface area contributed by atoms with Crippen molar-refractivity contribution in [2.45, 2.75) is 20.0 Å². The van der Waals surface area contributed by atoms with Gasteiger partial charge in [-0.25, -0.2) is 4.98 Å². The smallest absolute Gasteiger partial charge is 0.259 e. The third kappa shape index (κ3) is 3.19. The Balaban J connectivity index is 2.14. The maximum absolute atomic E-state index is 12.2. The van der Waals surface area contributed by atoms with Gasteiger partial charge in [0.15, 0.2) is 11.2 Å². The van der Waals surface area contributed by atoms with E-state index in [1.807, 2.05) is 44.2 Å². The number of benzene rings is 1. The Bertz CT molecular complexity index is 547. The Kier molecular flexibility index (Phi) is 4.29. The summed E-state index contributed by atoms with van der Waals surface area (Å²) in [6.45, 7) is 3.90. The fraction of sp³-hybridized carbons (Fsp3) is 0.286. The van der Waals surface area contributed by atoms with E-state index in [2.05, 4.69) is 10.3 Å². The van der Waals surface area contributed by atoms with Crippen LogP contribution in [0.25, 0.3) is 0 Å². The van der Waals surface area contributed by atoms with E-state index in [0.717, 1.165) is 16.1 Å². The molecule has 0 fully saturated rings. The van der Waals surface area contributed by atoms with Crippen molar-refractivity contribution in [1.29, 1.82) is 0 Å². The summed E-state index contributed by atoms with van der Waals surface area (Å²) in [4.78, 5) is 17.6.